The van der Waals surface area contributed by atoms with Crippen LogP contribution in [0.5, 0.6) is 0 Å². The van der Waals surface area contributed by atoms with E-state index in [1.54, 1.807) is 6.20 Å². The van der Waals surface area contributed by atoms with Crippen molar-refractivity contribution < 1.29 is 0 Å². The monoisotopic (exact) mass is 163 g/mol. The molecule has 0 atom stereocenters. The third kappa shape index (κ3) is 1.28. The van der Waals surface area contributed by atoms with E-state index >= 15 is 0 Å². The van der Waals surface area contributed by atoms with E-state index in [4.69, 9.17) is 5.73 Å². The number of rotatable bonds is 0. The minimum atomic E-state index is 0.776. The average molecular weight is 163 g/mol. The number of hydrogen-bond donors (Lipinski definition) is 1. The summed E-state index contributed by atoms with van der Waals surface area (Å²) in [6.45, 7) is 2.06. The molecule has 1 aromatic rings. The summed E-state index contributed by atoms with van der Waals surface area (Å²) in [6.07, 6.45) is 2.81. The Bertz CT molecular complexity index is 296. The summed E-state index contributed by atoms with van der Waals surface area (Å²) in [4.78, 5) is 6.57. The summed E-state index contributed by atoms with van der Waals surface area (Å²) in [5.74, 6) is 0. The van der Waals surface area contributed by atoms with Crippen molar-refractivity contribution in [3.05, 3.63) is 23.5 Å². The van der Waals surface area contributed by atoms with Crippen molar-refractivity contribution >= 4 is 5.69 Å². The quantitative estimate of drug-likeness (QED) is 0.610. The lowest BCUT2D eigenvalue weighted by molar-refractivity contribution is 0.307. The van der Waals surface area contributed by atoms with Crippen LogP contribution in [0.2, 0.25) is 0 Å². The van der Waals surface area contributed by atoms with Gasteiger partial charge in [-0.25, -0.2) is 0 Å². The molecule has 2 heterocycles. The fourth-order valence-corrected chi connectivity index (χ4v) is 1.56. The molecule has 2 rings (SSSR count). The molecule has 0 spiro atoms. The molecular weight excluding hydrogens is 150 g/mol. The Kier molecular flexibility index (Phi) is 1.73. The second kappa shape index (κ2) is 2.75. The zero-order chi connectivity index (χ0) is 8.55. The first-order valence-electron chi connectivity index (χ1n) is 4.17. The Hall–Kier alpha value is -1.09. The van der Waals surface area contributed by atoms with Gasteiger partial charge in [0.05, 0.1) is 17.6 Å². The third-order valence-electron chi connectivity index (χ3n) is 2.26. The van der Waals surface area contributed by atoms with Crippen LogP contribution in [-0.4, -0.2) is 23.5 Å². The fourth-order valence-electron chi connectivity index (χ4n) is 1.56. The van der Waals surface area contributed by atoms with Crippen LogP contribution in [0.25, 0.3) is 0 Å². The van der Waals surface area contributed by atoms with Gasteiger partial charge in [-0.05, 0) is 25.1 Å². The molecule has 1 aliphatic heterocycles. The van der Waals surface area contributed by atoms with Gasteiger partial charge >= 0.3 is 0 Å². The van der Waals surface area contributed by atoms with Gasteiger partial charge < -0.3 is 10.6 Å². The molecule has 64 valence electrons. The molecule has 0 bridgehead atoms. The number of anilines is 1. The molecule has 0 saturated carbocycles. The van der Waals surface area contributed by atoms with E-state index < -0.39 is 0 Å². The standard InChI is InChI=1S/C9H13N3/c1-12-3-2-7-4-8(10)5-11-9(7)6-12/h4-5H,2-3,6,10H2,1H3. The number of pyridine rings is 1. The molecule has 0 fully saturated rings. The second-order valence-corrected chi connectivity index (χ2v) is 3.36. The highest BCUT2D eigenvalue weighted by Crippen LogP contribution is 2.17. The lowest BCUT2D eigenvalue weighted by Gasteiger charge is -2.23. The van der Waals surface area contributed by atoms with Crippen molar-refractivity contribution in [3.63, 3.8) is 0 Å². The van der Waals surface area contributed by atoms with Gasteiger partial charge in [0.25, 0.3) is 0 Å². The molecule has 1 aliphatic rings. The highest BCUT2D eigenvalue weighted by atomic mass is 15.1. The van der Waals surface area contributed by atoms with Gasteiger partial charge in [0.1, 0.15) is 0 Å². The first-order chi connectivity index (χ1) is 5.75. The molecule has 0 amide bonds. The number of nitrogens with zero attached hydrogens (tertiary/aromatic N) is 2. The van der Waals surface area contributed by atoms with E-state index in [1.807, 2.05) is 6.07 Å². The Morgan fingerprint density at radius 1 is 1.58 bits per heavy atom. The summed E-state index contributed by atoms with van der Waals surface area (Å²) in [7, 11) is 2.11. The maximum atomic E-state index is 5.64. The van der Waals surface area contributed by atoms with Crippen molar-refractivity contribution in [3.8, 4) is 0 Å². The van der Waals surface area contributed by atoms with Crippen molar-refractivity contribution in [2.24, 2.45) is 0 Å². The van der Waals surface area contributed by atoms with E-state index in [9.17, 15) is 0 Å². The molecule has 1 aromatic heterocycles. The van der Waals surface area contributed by atoms with Crippen LogP contribution >= 0.6 is 0 Å². The molecule has 3 nitrogen and oxygen atoms in total. The summed E-state index contributed by atoms with van der Waals surface area (Å²) in [5.41, 5.74) is 8.91. The zero-order valence-electron chi connectivity index (χ0n) is 7.25. The highest BCUT2D eigenvalue weighted by Gasteiger charge is 2.13. The minimum Gasteiger partial charge on any atom is -0.397 e. The SMILES string of the molecule is CN1CCc2cc(N)cnc2C1. The van der Waals surface area contributed by atoms with Crippen LogP contribution in [-0.2, 0) is 13.0 Å². The Morgan fingerprint density at radius 3 is 3.25 bits per heavy atom. The molecule has 0 radical (unpaired) electrons. The number of nitrogen functional groups attached to an aromatic ring is 1. The van der Waals surface area contributed by atoms with Gasteiger partial charge in [0, 0.05) is 13.1 Å². The van der Waals surface area contributed by atoms with Crippen molar-refractivity contribution in [1.82, 2.24) is 9.88 Å². The normalized spacial score (nSPS) is 17.4. The molecule has 0 unspecified atom stereocenters. The average Bonchev–Trinajstić information content (AvgIpc) is 2.05. The van der Waals surface area contributed by atoms with Crippen LogP contribution in [0.3, 0.4) is 0 Å². The topological polar surface area (TPSA) is 42.1 Å². The van der Waals surface area contributed by atoms with E-state index in [-0.39, 0.29) is 0 Å². The van der Waals surface area contributed by atoms with E-state index in [0.717, 1.165) is 25.2 Å². The molecule has 12 heavy (non-hydrogen) atoms. The van der Waals surface area contributed by atoms with E-state index in [1.165, 1.54) is 11.3 Å². The van der Waals surface area contributed by atoms with Crippen LogP contribution in [0.15, 0.2) is 12.3 Å². The Balaban J connectivity index is 2.37. The third-order valence-corrected chi connectivity index (χ3v) is 2.26. The Morgan fingerprint density at radius 2 is 2.42 bits per heavy atom. The summed E-state index contributed by atoms with van der Waals surface area (Å²) < 4.78 is 0. The van der Waals surface area contributed by atoms with Crippen LogP contribution < -0.4 is 5.73 Å². The number of likely N-dealkylation sites (N-methyl/N-ethyl adjacent to an activating group) is 1. The van der Waals surface area contributed by atoms with E-state index in [2.05, 4.69) is 16.9 Å². The summed E-state index contributed by atoms with van der Waals surface area (Å²) in [6, 6.07) is 2.04. The highest BCUT2D eigenvalue weighted by molar-refractivity contribution is 5.40. The lowest BCUT2D eigenvalue weighted by atomic mass is 10.1. The first-order valence-corrected chi connectivity index (χ1v) is 4.17. The number of nitrogens with two attached hydrogens (primary N) is 1. The molecule has 0 aromatic carbocycles. The van der Waals surface area contributed by atoms with Crippen molar-refractivity contribution in [2.45, 2.75) is 13.0 Å². The van der Waals surface area contributed by atoms with Gasteiger partial charge in [0.15, 0.2) is 0 Å². The van der Waals surface area contributed by atoms with Crippen molar-refractivity contribution in [1.29, 1.82) is 0 Å². The minimum absolute atomic E-state index is 0.776. The van der Waals surface area contributed by atoms with Gasteiger partial charge in [-0.2, -0.15) is 0 Å². The zero-order valence-corrected chi connectivity index (χ0v) is 7.25. The predicted molar refractivity (Wildman–Crippen MR) is 48.7 cm³/mol. The van der Waals surface area contributed by atoms with Crippen LogP contribution in [0.4, 0.5) is 5.69 Å². The fraction of sp³-hybridized carbons (Fsp3) is 0.444. The predicted octanol–water partition coefficient (Wildman–Crippen LogP) is 0.652. The smallest absolute Gasteiger partial charge is 0.0577 e. The van der Waals surface area contributed by atoms with Crippen LogP contribution in [0, 0.1) is 0 Å². The molecule has 0 aliphatic carbocycles. The summed E-state index contributed by atoms with van der Waals surface area (Å²) in [5, 5.41) is 0. The lowest BCUT2D eigenvalue weighted by Crippen LogP contribution is -2.27. The second-order valence-electron chi connectivity index (χ2n) is 3.36. The van der Waals surface area contributed by atoms with Gasteiger partial charge in [0.2, 0.25) is 0 Å². The van der Waals surface area contributed by atoms with E-state index in [0.29, 0.717) is 0 Å². The van der Waals surface area contributed by atoms with Crippen molar-refractivity contribution in [2.75, 3.05) is 19.3 Å². The number of hydrogen-bond acceptors (Lipinski definition) is 3. The molecule has 2 N–H and O–H groups in total. The molecule has 3 heteroatoms. The number of aromatic nitrogens is 1. The maximum absolute atomic E-state index is 5.64. The maximum Gasteiger partial charge on any atom is 0.0577 e. The summed E-state index contributed by atoms with van der Waals surface area (Å²) >= 11 is 0. The molecule has 0 saturated heterocycles. The molecular formula is C9H13N3. The van der Waals surface area contributed by atoms with Gasteiger partial charge in [-0.15, -0.1) is 0 Å². The van der Waals surface area contributed by atoms with Gasteiger partial charge in [-0.3, -0.25) is 4.98 Å². The largest absolute Gasteiger partial charge is 0.397 e. The van der Waals surface area contributed by atoms with Crippen LogP contribution in [0.1, 0.15) is 11.3 Å². The number of fused-ring (bicyclic) bond motifs is 1. The van der Waals surface area contributed by atoms with Gasteiger partial charge in [-0.1, -0.05) is 0 Å². The first kappa shape index (κ1) is 7.55. The Labute approximate surface area is 72.2 Å².